The van der Waals surface area contributed by atoms with Crippen LogP contribution in [0.3, 0.4) is 0 Å². The van der Waals surface area contributed by atoms with Crippen molar-refractivity contribution in [2.24, 2.45) is 0 Å². The first-order valence-electron chi connectivity index (χ1n) is 4.77. The molecule has 1 rings (SSSR count). The zero-order valence-corrected chi connectivity index (χ0v) is 8.84. The number of nitrogens with zero attached hydrogens (tertiary/aromatic N) is 2. The maximum Gasteiger partial charge on any atom is 0.254 e. The number of phenolic OH excluding ortho intramolecular Hbond substituents is 2. The molecule has 0 atom stereocenters. The van der Waals surface area contributed by atoms with E-state index >= 15 is 0 Å². The van der Waals surface area contributed by atoms with Crippen molar-refractivity contribution in [2.45, 2.75) is 6.92 Å². The number of carbonyl (C=O) groups is 1. The van der Waals surface area contributed by atoms with Crippen molar-refractivity contribution >= 4 is 5.91 Å². The molecular formula is C11H12N2O3. The number of carbonyl (C=O) groups excluding carboxylic acids is 1. The number of hydrogen-bond acceptors (Lipinski definition) is 4. The van der Waals surface area contributed by atoms with Crippen LogP contribution in [0.5, 0.6) is 11.5 Å². The normalized spacial score (nSPS) is 9.50. The lowest BCUT2D eigenvalue weighted by Crippen LogP contribution is -2.31. The topological polar surface area (TPSA) is 84.6 Å². The van der Waals surface area contributed by atoms with E-state index in [2.05, 4.69) is 0 Å². The standard InChI is InChI=1S/C11H12N2O3/c1-2-13(4-3-12)11(16)8-5-9(14)7-10(15)6-8/h5-7,14-15H,2,4H2,1H3. The van der Waals surface area contributed by atoms with Crippen LogP contribution in [0, 0.1) is 11.3 Å². The summed E-state index contributed by atoms with van der Waals surface area (Å²) < 4.78 is 0. The average molecular weight is 220 g/mol. The number of hydrogen-bond donors (Lipinski definition) is 2. The Morgan fingerprint density at radius 1 is 1.38 bits per heavy atom. The first-order valence-corrected chi connectivity index (χ1v) is 4.77. The number of phenols is 2. The lowest BCUT2D eigenvalue weighted by Gasteiger charge is -2.17. The van der Waals surface area contributed by atoms with Crippen LogP contribution < -0.4 is 0 Å². The van der Waals surface area contributed by atoms with Crippen LogP contribution >= 0.6 is 0 Å². The van der Waals surface area contributed by atoms with Gasteiger partial charge in [-0.2, -0.15) is 5.26 Å². The van der Waals surface area contributed by atoms with Gasteiger partial charge in [0, 0.05) is 18.2 Å². The van der Waals surface area contributed by atoms with Crippen LogP contribution in [-0.2, 0) is 0 Å². The van der Waals surface area contributed by atoms with E-state index in [1.54, 1.807) is 6.92 Å². The van der Waals surface area contributed by atoms with Crippen LogP contribution in [-0.4, -0.2) is 34.1 Å². The van der Waals surface area contributed by atoms with Gasteiger partial charge in [-0.25, -0.2) is 0 Å². The highest BCUT2D eigenvalue weighted by molar-refractivity contribution is 5.95. The van der Waals surface area contributed by atoms with E-state index in [4.69, 9.17) is 5.26 Å². The van der Waals surface area contributed by atoms with Gasteiger partial charge in [-0.15, -0.1) is 0 Å². The van der Waals surface area contributed by atoms with E-state index in [0.29, 0.717) is 6.54 Å². The molecule has 0 spiro atoms. The monoisotopic (exact) mass is 220 g/mol. The van der Waals surface area contributed by atoms with Gasteiger partial charge in [0.05, 0.1) is 6.07 Å². The van der Waals surface area contributed by atoms with Gasteiger partial charge in [-0.1, -0.05) is 0 Å². The van der Waals surface area contributed by atoms with Crippen LogP contribution in [0.25, 0.3) is 0 Å². The predicted molar refractivity (Wildman–Crippen MR) is 57.0 cm³/mol. The fourth-order valence-corrected chi connectivity index (χ4v) is 1.31. The second kappa shape index (κ2) is 5.03. The summed E-state index contributed by atoms with van der Waals surface area (Å²) in [5.74, 6) is -0.761. The first-order chi connectivity index (χ1) is 7.58. The molecule has 0 aliphatic carbocycles. The summed E-state index contributed by atoms with van der Waals surface area (Å²) in [5, 5.41) is 27.0. The quantitative estimate of drug-likeness (QED) is 0.746. The van der Waals surface area contributed by atoms with E-state index in [1.165, 1.54) is 17.0 Å². The van der Waals surface area contributed by atoms with Crippen LogP contribution in [0.4, 0.5) is 0 Å². The highest BCUT2D eigenvalue weighted by Crippen LogP contribution is 2.21. The Morgan fingerprint density at radius 3 is 2.38 bits per heavy atom. The summed E-state index contributed by atoms with van der Waals surface area (Å²) in [6.45, 7) is 2.12. The minimum atomic E-state index is -0.393. The van der Waals surface area contributed by atoms with Gasteiger partial charge in [0.15, 0.2) is 0 Å². The van der Waals surface area contributed by atoms with Gasteiger partial charge in [0.2, 0.25) is 0 Å². The van der Waals surface area contributed by atoms with Gasteiger partial charge in [0.1, 0.15) is 18.0 Å². The molecule has 0 heterocycles. The maximum absolute atomic E-state index is 11.8. The third-order valence-corrected chi connectivity index (χ3v) is 2.08. The second-order valence-corrected chi connectivity index (χ2v) is 3.22. The Morgan fingerprint density at radius 2 is 1.94 bits per heavy atom. The van der Waals surface area contributed by atoms with Crippen molar-refractivity contribution in [1.82, 2.24) is 4.90 Å². The molecule has 16 heavy (non-hydrogen) atoms. The lowest BCUT2D eigenvalue weighted by atomic mass is 10.1. The Labute approximate surface area is 93.2 Å². The molecule has 0 bridgehead atoms. The van der Waals surface area contributed by atoms with Crippen LogP contribution in [0.1, 0.15) is 17.3 Å². The summed E-state index contributed by atoms with van der Waals surface area (Å²) in [4.78, 5) is 13.1. The van der Waals surface area contributed by atoms with Crippen molar-refractivity contribution in [1.29, 1.82) is 5.26 Å². The van der Waals surface area contributed by atoms with Gasteiger partial charge >= 0.3 is 0 Å². The van der Waals surface area contributed by atoms with Crippen molar-refractivity contribution < 1.29 is 15.0 Å². The molecule has 0 radical (unpaired) electrons. The van der Waals surface area contributed by atoms with Crippen molar-refractivity contribution in [2.75, 3.05) is 13.1 Å². The summed E-state index contributed by atoms with van der Waals surface area (Å²) >= 11 is 0. The summed E-state index contributed by atoms with van der Waals surface area (Å²) in [6.07, 6.45) is 0. The van der Waals surface area contributed by atoms with Crippen molar-refractivity contribution in [3.05, 3.63) is 23.8 Å². The van der Waals surface area contributed by atoms with E-state index < -0.39 is 5.91 Å². The molecule has 2 N–H and O–H groups in total. The maximum atomic E-state index is 11.8. The molecule has 0 fully saturated rings. The number of benzene rings is 1. The van der Waals surface area contributed by atoms with Gasteiger partial charge < -0.3 is 15.1 Å². The Kier molecular flexibility index (Phi) is 3.72. The summed E-state index contributed by atoms with van der Waals surface area (Å²) in [6, 6.07) is 5.52. The van der Waals surface area contributed by atoms with Crippen LogP contribution in [0.2, 0.25) is 0 Å². The number of rotatable bonds is 3. The number of aromatic hydroxyl groups is 2. The zero-order valence-electron chi connectivity index (χ0n) is 8.84. The van der Waals surface area contributed by atoms with Crippen LogP contribution in [0.15, 0.2) is 18.2 Å². The summed E-state index contributed by atoms with van der Waals surface area (Å²) in [5.41, 5.74) is 0.162. The molecule has 0 saturated carbocycles. The van der Waals surface area contributed by atoms with E-state index in [0.717, 1.165) is 6.07 Å². The molecule has 5 heteroatoms. The molecule has 84 valence electrons. The Bertz CT molecular complexity index is 417. The third-order valence-electron chi connectivity index (χ3n) is 2.08. The number of nitriles is 1. The van der Waals surface area contributed by atoms with Gasteiger partial charge in [-0.05, 0) is 19.1 Å². The smallest absolute Gasteiger partial charge is 0.254 e. The molecule has 1 aromatic rings. The van der Waals surface area contributed by atoms with Crippen molar-refractivity contribution in [3.8, 4) is 17.6 Å². The van der Waals surface area contributed by atoms with E-state index in [1.807, 2.05) is 6.07 Å². The Balaban J connectivity index is 2.99. The van der Waals surface area contributed by atoms with Gasteiger partial charge in [0.25, 0.3) is 5.91 Å². The molecule has 5 nitrogen and oxygen atoms in total. The lowest BCUT2D eigenvalue weighted by molar-refractivity contribution is 0.0783. The molecule has 0 unspecified atom stereocenters. The second-order valence-electron chi connectivity index (χ2n) is 3.22. The minimum absolute atomic E-state index is 0.0221. The van der Waals surface area contributed by atoms with E-state index in [9.17, 15) is 15.0 Å². The molecule has 0 aliphatic rings. The molecule has 1 amide bonds. The highest BCUT2D eigenvalue weighted by Gasteiger charge is 2.15. The fourth-order valence-electron chi connectivity index (χ4n) is 1.31. The molecule has 0 aromatic heterocycles. The largest absolute Gasteiger partial charge is 0.508 e. The van der Waals surface area contributed by atoms with Gasteiger partial charge in [-0.3, -0.25) is 4.79 Å². The SMILES string of the molecule is CCN(CC#N)C(=O)c1cc(O)cc(O)c1. The van der Waals surface area contributed by atoms with Crippen molar-refractivity contribution in [3.63, 3.8) is 0 Å². The minimum Gasteiger partial charge on any atom is -0.508 e. The third kappa shape index (κ3) is 2.64. The molecule has 0 aliphatic heterocycles. The highest BCUT2D eigenvalue weighted by atomic mass is 16.3. The summed E-state index contributed by atoms with van der Waals surface area (Å²) in [7, 11) is 0. The molecular weight excluding hydrogens is 208 g/mol. The average Bonchev–Trinajstić information content (AvgIpc) is 2.23. The fraction of sp³-hybridized carbons (Fsp3) is 0.273. The molecule has 1 aromatic carbocycles. The Hall–Kier alpha value is -2.22. The van der Waals surface area contributed by atoms with E-state index in [-0.39, 0.29) is 23.6 Å². The zero-order chi connectivity index (χ0) is 12.1. The molecule has 0 saturated heterocycles. The number of amides is 1. The predicted octanol–water partition coefficient (Wildman–Crippen LogP) is 1.08. The first kappa shape index (κ1) is 11.9.